The van der Waals surface area contributed by atoms with Crippen LogP contribution in [0.5, 0.6) is 0 Å². The number of cyclic esters (lactones) is 1. The highest BCUT2D eigenvalue weighted by atomic mass is 32.1. The van der Waals surface area contributed by atoms with E-state index in [1.54, 1.807) is 11.3 Å². The van der Waals surface area contributed by atoms with E-state index in [-0.39, 0.29) is 11.9 Å². The van der Waals surface area contributed by atoms with Crippen LogP contribution >= 0.6 is 11.3 Å². The molecule has 0 spiro atoms. The third kappa shape index (κ3) is 1.50. The summed E-state index contributed by atoms with van der Waals surface area (Å²) in [5.74, 6) is 0.0899. The Labute approximate surface area is 75.2 Å². The lowest BCUT2D eigenvalue weighted by atomic mass is 10.0. The Balaban J connectivity index is 1.99. The number of carbonyl (C=O) groups is 1. The van der Waals surface area contributed by atoms with Crippen molar-refractivity contribution < 1.29 is 9.53 Å². The number of carbonyl (C=O) groups excluding carboxylic acids is 1. The van der Waals surface area contributed by atoms with Gasteiger partial charge in [-0.2, -0.15) is 0 Å². The molecule has 64 valence electrons. The van der Waals surface area contributed by atoms with E-state index >= 15 is 0 Å². The first-order valence-electron chi connectivity index (χ1n) is 4.05. The van der Waals surface area contributed by atoms with Gasteiger partial charge in [0.25, 0.3) is 0 Å². The largest absolute Gasteiger partial charge is 0.465 e. The fourth-order valence-electron chi connectivity index (χ4n) is 1.39. The summed E-state index contributed by atoms with van der Waals surface area (Å²) in [5.41, 5.74) is 0. The number of rotatable bonds is 2. The molecule has 3 heteroatoms. The number of hydrogen-bond acceptors (Lipinski definition) is 3. The van der Waals surface area contributed by atoms with Crippen molar-refractivity contribution in [1.29, 1.82) is 0 Å². The molecule has 0 aromatic carbocycles. The van der Waals surface area contributed by atoms with Crippen molar-refractivity contribution in [3.05, 3.63) is 22.4 Å². The van der Waals surface area contributed by atoms with Crippen LogP contribution in [0.25, 0.3) is 0 Å². The van der Waals surface area contributed by atoms with Gasteiger partial charge in [0.05, 0.1) is 12.5 Å². The van der Waals surface area contributed by atoms with E-state index in [9.17, 15) is 4.79 Å². The predicted molar refractivity (Wildman–Crippen MR) is 47.1 cm³/mol. The zero-order valence-corrected chi connectivity index (χ0v) is 7.47. The molecule has 1 atom stereocenters. The number of esters is 1. The van der Waals surface area contributed by atoms with Crippen molar-refractivity contribution in [2.45, 2.75) is 12.8 Å². The van der Waals surface area contributed by atoms with Crippen LogP contribution in [-0.2, 0) is 16.0 Å². The standard InChI is InChI=1S/C9H10O2S/c10-9-7(3-4-11-9)6-8-2-1-5-12-8/h1-2,5,7H,3-4,6H2. The van der Waals surface area contributed by atoms with E-state index in [0.717, 1.165) is 12.8 Å². The average Bonchev–Trinajstić information content (AvgIpc) is 2.65. The quantitative estimate of drug-likeness (QED) is 0.652. The number of thiophene rings is 1. The van der Waals surface area contributed by atoms with Gasteiger partial charge in [0, 0.05) is 4.88 Å². The average molecular weight is 182 g/mol. The molecule has 0 saturated carbocycles. The summed E-state index contributed by atoms with van der Waals surface area (Å²) in [6.45, 7) is 0.606. The van der Waals surface area contributed by atoms with E-state index in [2.05, 4.69) is 6.07 Å². The molecule has 1 fully saturated rings. The molecule has 1 saturated heterocycles. The fraction of sp³-hybridized carbons (Fsp3) is 0.444. The molecule has 1 aromatic rings. The summed E-state index contributed by atoms with van der Waals surface area (Å²) in [6, 6.07) is 4.08. The summed E-state index contributed by atoms with van der Waals surface area (Å²) < 4.78 is 4.88. The topological polar surface area (TPSA) is 26.3 Å². The van der Waals surface area contributed by atoms with Crippen LogP contribution in [0.2, 0.25) is 0 Å². The molecule has 0 radical (unpaired) electrons. The Bertz CT molecular complexity index is 266. The summed E-state index contributed by atoms with van der Waals surface area (Å²) in [7, 11) is 0. The van der Waals surface area contributed by atoms with Crippen LogP contribution in [0.15, 0.2) is 17.5 Å². The molecule has 2 nitrogen and oxygen atoms in total. The lowest BCUT2D eigenvalue weighted by Crippen LogP contribution is -2.09. The van der Waals surface area contributed by atoms with Gasteiger partial charge in [0.1, 0.15) is 0 Å². The minimum absolute atomic E-state index is 0.0246. The second-order valence-electron chi connectivity index (χ2n) is 2.94. The van der Waals surface area contributed by atoms with E-state index < -0.39 is 0 Å². The zero-order chi connectivity index (χ0) is 8.39. The Morgan fingerprint density at radius 1 is 1.67 bits per heavy atom. The predicted octanol–water partition coefficient (Wildman–Crippen LogP) is 1.85. The second kappa shape index (κ2) is 3.27. The first kappa shape index (κ1) is 7.80. The highest BCUT2D eigenvalue weighted by Gasteiger charge is 2.26. The first-order chi connectivity index (χ1) is 5.86. The summed E-state index contributed by atoms with van der Waals surface area (Å²) >= 11 is 1.70. The maximum Gasteiger partial charge on any atom is 0.309 e. The molecule has 2 rings (SSSR count). The van der Waals surface area contributed by atoms with Gasteiger partial charge in [-0.15, -0.1) is 11.3 Å². The normalized spacial score (nSPS) is 22.7. The van der Waals surface area contributed by atoms with Crippen LogP contribution in [0.4, 0.5) is 0 Å². The van der Waals surface area contributed by atoms with Gasteiger partial charge < -0.3 is 4.74 Å². The SMILES string of the molecule is O=C1OCCC1Cc1cccs1. The molecule has 0 amide bonds. The van der Waals surface area contributed by atoms with Crippen molar-refractivity contribution in [3.8, 4) is 0 Å². The summed E-state index contributed by atoms with van der Waals surface area (Å²) in [6.07, 6.45) is 1.74. The minimum atomic E-state index is -0.0246. The molecular formula is C9H10O2S. The van der Waals surface area contributed by atoms with Gasteiger partial charge in [-0.1, -0.05) is 6.07 Å². The summed E-state index contributed by atoms with van der Waals surface area (Å²) in [4.78, 5) is 12.4. The molecule has 1 unspecified atom stereocenters. The molecular weight excluding hydrogens is 172 g/mol. The van der Waals surface area contributed by atoms with Gasteiger partial charge in [0.2, 0.25) is 0 Å². The highest BCUT2D eigenvalue weighted by molar-refractivity contribution is 7.09. The number of hydrogen-bond donors (Lipinski definition) is 0. The minimum Gasteiger partial charge on any atom is -0.465 e. The summed E-state index contributed by atoms with van der Waals surface area (Å²) in [5, 5.41) is 2.04. The molecule has 0 bridgehead atoms. The second-order valence-corrected chi connectivity index (χ2v) is 3.97. The maximum atomic E-state index is 11.1. The van der Waals surface area contributed by atoms with Gasteiger partial charge >= 0.3 is 5.97 Å². The van der Waals surface area contributed by atoms with Crippen molar-refractivity contribution in [3.63, 3.8) is 0 Å². The first-order valence-corrected chi connectivity index (χ1v) is 4.93. The Kier molecular flexibility index (Phi) is 2.13. The molecule has 2 heterocycles. The van der Waals surface area contributed by atoms with E-state index in [1.165, 1.54) is 4.88 Å². The van der Waals surface area contributed by atoms with E-state index in [0.29, 0.717) is 6.61 Å². The van der Waals surface area contributed by atoms with Gasteiger partial charge in [-0.3, -0.25) is 4.79 Å². The molecule has 1 aromatic heterocycles. The van der Waals surface area contributed by atoms with Gasteiger partial charge in [-0.25, -0.2) is 0 Å². The van der Waals surface area contributed by atoms with E-state index in [1.807, 2.05) is 11.4 Å². The lowest BCUT2D eigenvalue weighted by Gasteiger charge is -2.01. The van der Waals surface area contributed by atoms with Crippen LogP contribution in [0, 0.1) is 5.92 Å². The maximum absolute atomic E-state index is 11.1. The van der Waals surface area contributed by atoms with Gasteiger partial charge in [-0.05, 0) is 24.3 Å². The zero-order valence-electron chi connectivity index (χ0n) is 6.66. The third-order valence-corrected chi connectivity index (χ3v) is 2.97. The Morgan fingerprint density at radius 3 is 3.17 bits per heavy atom. The fourth-order valence-corrected chi connectivity index (χ4v) is 2.18. The van der Waals surface area contributed by atoms with Crippen LogP contribution in [0.3, 0.4) is 0 Å². The highest BCUT2D eigenvalue weighted by Crippen LogP contribution is 2.21. The molecule has 12 heavy (non-hydrogen) atoms. The lowest BCUT2D eigenvalue weighted by molar-refractivity contribution is -0.141. The Hall–Kier alpha value is -0.830. The van der Waals surface area contributed by atoms with Crippen molar-refractivity contribution >= 4 is 17.3 Å². The monoisotopic (exact) mass is 182 g/mol. The molecule has 0 aliphatic carbocycles. The van der Waals surface area contributed by atoms with Crippen molar-refractivity contribution in [2.24, 2.45) is 5.92 Å². The molecule has 1 aliphatic heterocycles. The van der Waals surface area contributed by atoms with Crippen molar-refractivity contribution in [1.82, 2.24) is 0 Å². The Morgan fingerprint density at radius 2 is 2.58 bits per heavy atom. The van der Waals surface area contributed by atoms with Crippen LogP contribution < -0.4 is 0 Å². The third-order valence-electron chi connectivity index (χ3n) is 2.07. The van der Waals surface area contributed by atoms with Gasteiger partial charge in [0.15, 0.2) is 0 Å². The molecule has 1 aliphatic rings. The van der Waals surface area contributed by atoms with E-state index in [4.69, 9.17) is 4.74 Å². The van der Waals surface area contributed by atoms with Crippen molar-refractivity contribution in [2.75, 3.05) is 6.61 Å². The van der Waals surface area contributed by atoms with Crippen LogP contribution in [0.1, 0.15) is 11.3 Å². The van der Waals surface area contributed by atoms with Crippen LogP contribution in [-0.4, -0.2) is 12.6 Å². The number of ether oxygens (including phenoxy) is 1. The molecule has 0 N–H and O–H groups in total. The smallest absolute Gasteiger partial charge is 0.309 e.